The average Bonchev–Trinajstić information content (AvgIpc) is 2.56. The smallest absolute Gasteiger partial charge is 0.236 e. The minimum atomic E-state index is -3.15. The van der Waals surface area contributed by atoms with Gasteiger partial charge in [0.15, 0.2) is 0 Å². The van der Waals surface area contributed by atoms with Crippen LogP contribution in [0.2, 0.25) is 0 Å². The number of rotatable bonds is 3. The molecule has 0 radical (unpaired) electrons. The number of benzene rings is 1. The van der Waals surface area contributed by atoms with Gasteiger partial charge in [-0.1, -0.05) is 34.8 Å². The molecule has 1 saturated heterocycles. The number of hydrogen-bond acceptors (Lipinski definition) is 3. The van der Waals surface area contributed by atoms with Gasteiger partial charge in [0.05, 0.1) is 12.4 Å². The molecule has 1 fully saturated rings. The fourth-order valence-corrected chi connectivity index (χ4v) is 2.80. The zero-order valence-corrected chi connectivity index (χ0v) is 9.11. The number of sulfonamides is 1. The summed E-state index contributed by atoms with van der Waals surface area (Å²) in [7, 11) is -3.15. The second kappa shape index (κ2) is 4.30. The molecule has 0 spiro atoms. The van der Waals surface area contributed by atoms with Gasteiger partial charge in [-0.15, -0.1) is 0 Å². The molecule has 0 unspecified atom stereocenters. The molecule has 1 aliphatic rings. The monoisotopic (exact) mass is 227 g/mol. The second-order valence-electron chi connectivity index (χ2n) is 3.45. The molecule has 1 heterocycles. The first-order chi connectivity index (χ1) is 7.18. The van der Waals surface area contributed by atoms with Crippen LogP contribution in [0.25, 0.3) is 0 Å². The van der Waals surface area contributed by atoms with Gasteiger partial charge in [-0.25, -0.2) is 8.42 Å². The van der Waals surface area contributed by atoms with E-state index in [1.165, 1.54) is 0 Å². The maximum absolute atomic E-state index is 11.4. The van der Waals surface area contributed by atoms with E-state index in [2.05, 4.69) is 0 Å². The summed E-state index contributed by atoms with van der Waals surface area (Å²) in [6.07, 6.45) is 0.650. The Balaban J connectivity index is 1.94. The van der Waals surface area contributed by atoms with Crippen LogP contribution in [-0.2, 0) is 21.5 Å². The van der Waals surface area contributed by atoms with Crippen molar-refractivity contribution in [2.75, 3.05) is 12.3 Å². The van der Waals surface area contributed by atoms with E-state index in [-0.39, 0.29) is 5.75 Å². The van der Waals surface area contributed by atoms with E-state index >= 15 is 0 Å². The van der Waals surface area contributed by atoms with Crippen LogP contribution in [0.5, 0.6) is 0 Å². The average molecular weight is 227 g/mol. The molecule has 0 saturated carbocycles. The fourth-order valence-electron chi connectivity index (χ4n) is 1.48. The van der Waals surface area contributed by atoms with Crippen LogP contribution in [0.3, 0.4) is 0 Å². The van der Waals surface area contributed by atoms with Gasteiger partial charge in [0.25, 0.3) is 0 Å². The van der Waals surface area contributed by atoms with E-state index in [0.29, 0.717) is 19.6 Å². The third-order valence-corrected chi connectivity index (χ3v) is 3.98. The summed E-state index contributed by atoms with van der Waals surface area (Å²) in [4.78, 5) is 5.25. The largest absolute Gasteiger partial charge is 0.280 e. The summed E-state index contributed by atoms with van der Waals surface area (Å²) in [5.41, 5.74) is 0.972. The molecule has 15 heavy (non-hydrogen) atoms. The Morgan fingerprint density at radius 3 is 2.60 bits per heavy atom. The first kappa shape index (κ1) is 10.6. The topological polar surface area (TPSA) is 46.6 Å². The van der Waals surface area contributed by atoms with Crippen LogP contribution in [0.4, 0.5) is 0 Å². The zero-order chi connectivity index (χ0) is 10.7. The molecule has 1 aliphatic heterocycles. The number of hydroxylamine groups is 1. The quantitative estimate of drug-likeness (QED) is 0.778. The summed E-state index contributed by atoms with van der Waals surface area (Å²) in [5.74, 6) is 0.196. The van der Waals surface area contributed by atoms with Crippen LogP contribution in [0.15, 0.2) is 30.3 Å². The van der Waals surface area contributed by atoms with Gasteiger partial charge in [-0.2, -0.15) is 0 Å². The van der Waals surface area contributed by atoms with Crippen molar-refractivity contribution in [2.24, 2.45) is 0 Å². The van der Waals surface area contributed by atoms with Gasteiger partial charge in [0.2, 0.25) is 10.0 Å². The van der Waals surface area contributed by atoms with Crippen molar-refractivity contribution in [1.82, 2.24) is 4.47 Å². The highest BCUT2D eigenvalue weighted by Crippen LogP contribution is 2.15. The van der Waals surface area contributed by atoms with Crippen molar-refractivity contribution in [1.29, 1.82) is 0 Å². The molecule has 0 amide bonds. The molecule has 5 heteroatoms. The second-order valence-corrected chi connectivity index (χ2v) is 5.43. The first-order valence-electron chi connectivity index (χ1n) is 4.86. The lowest BCUT2D eigenvalue weighted by Crippen LogP contribution is -2.25. The fraction of sp³-hybridized carbons (Fsp3) is 0.400. The Kier molecular flexibility index (Phi) is 3.04. The lowest BCUT2D eigenvalue weighted by atomic mass is 10.2. The van der Waals surface area contributed by atoms with Crippen molar-refractivity contribution >= 4 is 10.0 Å². The van der Waals surface area contributed by atoms with Gasteiger partial charge >= 0.3 is 0 Å². The Hall–Kier alpha value is -0.910. The van der Waals surface area contributed by atoms with E-state index in [4.69, 9.17) is 4.84 Å². The maximum Gasteiger partial charge on any atom is 0.236 e. The van der Waals surface area contributed by atoms with Gasteiger partial charge in [-0.3, -0.25) is 4.84 Å². The van der Waals surface area contributed by atoms with Crippen molar-refractivity contribution in [3.8, 4) is 0 Å². The van der Waals surface area contributed by atoms with Crippen LogP contribution >= 0.6 is 0 Å². The minimum Gasteiger partial charge on any atom is -0.280 e. The summed E-state index contributed by atoms with van der Waals surface area (Å²) >= 11 is 0. The highest BCUT2D eigenvalue weighted by Gasteiger charge is 2.29. The summed E-state index contributed by atoms with van der Waals surface area (Å²) in [6, 6.07) is 9.52. The van der Waals surface area contributed by atoms with Crippen molar-refractivity contribution in [3.63, 3.8) is 0 Å². The molecule has 2 rings (SSSR count). The van der Waals surface area contributed by atoms with Crippen LogP contribution in [0.1, 0.15) is 12.0 Å². The van der Waals surface area contributed by atoms with Crippen molar-refractivity contribution in [3.05, 3.63) is 35.9 Å². The molecule has 0 N–H and O–H groups in total. The van der Waals surface area contributed by atoms with Gasteiger partial charge < -0.3 is 0 Å². The SMILES string of the molecule is O=S1(=O)CCCN1OCc1ccccc1. The maximum atomic E-state index is 11.4. The summed E-state index contributed by atoms with van der Waals surface area (Å²) in [5, 5.41) is 0. The highest BCUT2D eigenvalue weighted by atomic mass is 32.2. The lowest BCUT2D eigenvalue weighted by Gasteiger charge is -2.13. The van der Waals surface area contributed by atoms with Crippen LogP contribution in [-0.4, -0.2) is 25.2 Å². The van der Waals surface area contributed by atoms with Crippen molar-refractivity contribution < 1.29 is 13.3 Å². The zero-order valence-electron chi connectivity index (χ0n) is 8.30. The van der Waals surface area contributed by atoms with Crippen LogP contribution < -0.4 is 0 Å². The predicted octanol–water partition coefficient (Wildman–Crippen LogP) is 1.15. The lowest BCUT2D eigenvalue weighted by molar-refractivity contribution is -0.0894. The first-order valence-corrected chi connectivity index (χ1v) is 6.47. The molecule has 1 aromatic carbocycles. The molecule has 1 aromatic rings. The van der Waals surface area contributed by atoms with Gasteiger partial charge in [-0.05, 0) is 12.0 Å². The minimum absolute atomic E-state index is 0.196. The predicted molar refractivity (Wildman–Crippen MR) is 56.3 cm³/mol. The molecular weight excluding hydrogens is 214 g/mol. The molecule has 0 bridgehead atoms. The molecular formula is C10H13NO3S. The summed E-state index contributed by atoms with van der Waals surface area (Å²) in [6.45, 7) is 0.773. The van der Waals surface area contributed by atoms with Gasteiger partial charge in [0.1, 0.15) is 0 Å². The third kappa shape index (κ3) is 2.56. The Morgan fingerprint density at radius 2 is 2.00 bits per heavy atom. The number of nitrogens with zero attached hydrogens (tertiary/aromatic N) is 1. The normalized spacial score (nSPS) is 20.5. The van der Waals surface area contributed by atoms with E-state index in [9.17, 15) is 8.42 Å². The van der Waals surface area contributed by atoms with E-state index < -0.39 is 10.0 Å². The molecule has 0 aromatic heterocycles. The summed E-state index contributed by atoms with van der Waals surface area (Å²) < 4.78 is 23.9. The number of hydrogen-bond donors (Lipinski definition) is 0. The standard InChI is InChI=1S/C10H13NO3S/c12-15(13)8-4-7-11(15)14-9-10-5-2-1-3-6-10/h1-3,5-6H,4,7-9H2. The molecule has 0 aliphatic carbocycles. The van der Waals surface area contributed by atoms with E-state index in [0.717, 1.165) is 10.0 Å². The Labute approximate surface area is 89.5 Å². The third-order valence-electron chi connectivity index (χ3n) is 2.27. The molecule has 82 valence electrons. The highest BCUT2D eigenvalue weighted by molar-refractivity contribution is 7.89. The van der Waals surface area contributed by atoms with E-state index in [1.54, 1.807) is 0 Å². The Morgan fingerprint density at radius 1 is 1.27 bits per heavy atom. The molecule has 0 atom stereocenters. The Bertz CT molecular complexity index is 416. The van der Waals surface area contributed by atoms with Gasteiger partial charge in [0, 0.05) is 6.54 Å². The molecule has 4 nitrogen and oxygen atoms in total. The van der Waals surface area contributed by atoms with Crippen LogP contribution in [0, 0.1) is 0 Å². The van der Waals surface area contributed by atoms with Crippen molar-refractivity contribution in [2.45, 2.75) is 13.0 Å². The van der Waals surface area contributed by atoms with E-state index in [1.807, 2.05) is 30.3 Å².